The molecule has 5 heteroatoms. The third-order valence-corrected chi connectivity index (χ3v) is 12.8. The van der Waals surface area contributed by atoms with Crippen molar-refractivity contribution in [2.24, 2.45) is 0 Å². The molecule has 0 rings (SSSR count). The molecule has 0 aliphatic heterocycles. The van der Waals surface area contributed by atoms with E-state index in [1.807, 2.05) is 6.92 Å². The summed E-state index contributed by atoms with van der Waals surface area (Å²) < 4.78 is 30.4. The van der Waals surface area contributed by atoms with Crippen LogP contribution in [-0.4, -0.2) is 22.5 Å². The van der Waals surface area contributed by atoms with Crippen LogP contribution in [0.1, 0.15) is 86.5 Å². The fourth-order valence-electron chi connectivity index (χ4n) is 3.19. The molecule has 22 heavy (non-hydrogen) atoms. The molecule has 0 aromatic heterocycles. The lowest BCUT2D eigenvalue weighted by molar-refractivity contribution is 0.452. The van der Waals surface area contributed by atoms with Crippen molar-refractivity contribution in [1.82, 2.24) is 0 Å². The summed E-state index contributed by atoms with van der Waals surface area (Å²) in [6.45, 7) is 12.7. The number of unbranched alkanes of at least 4 members (excludes halogenated alkanes) is 5. The topological polar surface area (TPSA) is 43.4 Å². The van der Waals surface area contributed by atoms with E-state index < -0.39 is 18.4 Å². The molecule has 0 radical (unpaired) electrons. The van der Waals surface area contributed by atoms with Crippen LogP contribution >= 0.6 is 0 Å². The average molecular weight is 351 g/mol. The Morgan fingerprint density at radius 1 is 0.818 bits per heavy atom. The van der Waals surface area contributed by atoms with Gasteiger partial charge in [-0.15, -0.1) is 0 Å². The van der Waals surface area contributed by atoms with Gasteiger partial charge in [-0.2, -0.15) is 0 Å². The van der Waals surface area contributed by atoms with E-state index in [9.17, 15) is 8.42 Å². The summed E-state index contributed by atoms with van der Waals surface area (Å²) in [4.78, 5) is 0. The Morgan fingerprint density at radius 2 is 1.32 bits per heavy atom. The zero-order chi connectivity index (χ0) is 17.2. The highest BCUT2D eigenvalue weighted by molar-refractivity contribution is 7.87. The van der Waals surface area contributed by atoms with E-state index in [0.717, 1.165) is 12.5 Å². The van der Waals surface area contributed by atoms with Gasteiger partial charge in [-0.05, 0) is 23.5 Å². The van der Waals surface area contributed by atoms with Crippen molar-refractivity contribution in [2.45, 2.75) is 104 Å². The van der Waals surface area contributed by atoms with E-state index in [2.05, 4.69) is 34.6 Å². The third kappa shape index (κ3) is 7.60. The first-order valence-electron chi connectivity index (χ1n) is 9.15. The summed E-state index contributed by atoms with van der Waals surface area (Å²) in [5.41, 5.74) is 0.657. The van der Waals surface area contributed by atoms with Crippen LogP contribution in [0.15, 0.2) is 0 Å². The molecular weight excluding hydrogens is 312 g/mol. The van der Waals surface area contributed by atoms with Crippen molar-refractivity contribution in [2.75, 3.05) is 5.75 Å². The van der Waals surface area contributed by atoms with Crippen molar-refractivity contribution in [3.05, 3.63) is 0 Å². The van der Waals surface area contributed by atoms with E-state index in [0.29, 0.717) is 17.5 Å². The fourth-order valence-corrected chi connectivity index (χ4v) is 11.1. The summed E-state index contributed by atoms with van der Waals surface area (Å²) in [7, 11) is -5.65. The maximum Gasteiger partial charge on any atom is 0.257 e. The molecule has 0 spiro atoms. The van der Waals surface area contributed by atoms with E-state index >= 15 is 0 Å². The molecule has 0 heterocycles. The largest absolute Gasteiger partial charge is 0.314 e. The fraction of sp³-hybridized carbons (Fsp3) is 1.00. The normalized spacial score (nSPS) is 13.3. The van der Waals surface area contributed by atoms with Crippen LogP contribution in [0, 0.1) is 0 Å². The van der Waals surface area contributed by atoms with Gasteiger partial charge in [0.25, 0.3) is 10.1 Å². The summed E-state index contributed by atoms with van der Waals surface area (Å²) in [6, 6.07) is 0.970. The lowest BCUT2D eigenvalue weighted by Gasteiger charge is -2.37. The molecule has 0 atom stereocenters. The van der Waals surface area contributed by atoms with Gasteiger partial charge in [0.1, 0.15) is 0 Å². The summed E-state index contributed by atoms with van der Waals surface area (Å²) in [5.74, 6) is 0.150. The first kappa shape index (κ1) is 22.1. The molecule has 0 aromatic carbocycles. The third-order valence-electron chi connectivity index (χ3n) is 4.61. The zero-order valence-electron chi connectivity index (χ0n) is 15.7. The smallest absolute Gasteiger partial charge is 0.257 e. The minimum absolute atomic E-state index is 0.150. The zero-order valence-corrected chi connectivity index (χ0v) is 17.5. The van der Waals surface area contributed by atoms with Crippen LogP contribution in [0.2, 0.25) is 17.1 Å². The molecule has 0 saturated heterocycles. The van der Waals surface area contributed by atoms with Crippen LogP contribution in [0.3, 0.4) is 0 Å². The van der Waals surface area contributed by atoms with E-state index in [4.69, 9.17) is 3.87 Å². The minimum Gasteiger partial charge on any atom is -0.314 e. The molecule has 0 unspecified atom stereocenters. The first-order valence-corrected chi connectivity index (χ1v) is 13.0. The lowest BCUT2D eigenvalue weighted by Crippen LogP contribution is -2.46. The Hall–Kier alpha value is 0.127. The molecule has 0 bridgehead atoms. The predicted octanol–water partition coefficient (Wildman–Crippen LogP) is 5.87. The first-order chi connectivity index (χ1) is 10.2. The maximum atomic E-state index is 12.2. The highest BCUT2D eigenvalue weighted by Gasteiger charge is 2.45. The van der Waals surface area contributed by atoms with Gasteiger partial charge in [-0.25, -0.2) is 8.42 Å². The van der Waals surface area contributed by atoms with E-state index in [1.54, 1.807) is 0 Å². The maximum absolute atomic E-state index is 12.2. The van der Waals surface area contributed by atoms with Crippen LogP contribution in [-0.2, 0) is 14.0 Å². The van der Waals surface area contributed by atoms with Gasteiger partial charge in [-0.3, -0.25) is 0 Å². The second kappa shape index (κ2) is 10.8. The van der Waals surface area contributed by atoms with E-state index in [1.165, 1.54) is 32.1 Å². The van der Waals surface area contributed by atoms with Crippen LogP contribution in [0.5, 0.6) is 0 Å². The van der Waals surface area contributed by atoms with Crippen molar-refractivity contribution < 1.29 is 12.3 Å². The molecule has 0 fully saturated rings. The Balaban J connectivity index is 4.81. The molecule has 0 saturated carbocycles. The van der Waals surface area contributed by atoms with Gasteiger partial charge in [0.15, 0.2) is 0 Å². The highest BCUT2D eigenvalue weighted by Crippen LogP contribution is 2.39. The second-order valence-corrected chi connectivity index (χ2v) is 14.0. The van der Waals surface area contributed by atoms with Gasteiger partial charge in [-0.1, -0.05) is 80.1 Å². The van der Waals surface area contributed by atoms with Crippen LogP contribution < -0.4 is 0 Å². The van der Waals surface area contributed by atoms with Gasteiger partial charge in [0.05, 0.1) is 5.75 Å². The second-order valence-electron chi connectivity index (χ2n) is 7.13. The van der Waals surface area contributed by atoms with Gasteiger partial charge in [0, 0.05) is 0 Å². The molecule has 0 aromatic rings. The number of hydrogen-bond donors (Lipinski definition) is 0. The Bertz CT molecular complexity index is 369. The van der Waals surface area contributed by atoms with Gasteiger partial charge < -0.3 is 3.87 Å². The summed E-state index contributed by atoms with van der Waals surface area (Å²) >= 11 is 0. The van der Waals surface area contributed by atoms with Crippen LogP contribution in [0.25, 0.3) is 0 Å². The minimum atomic E-state index is -3.37. The number of hydrogen-bond acceptors (Lipinski definition) is 3. The van der Waals surface area contributed by atoms with Gasteiger partial charge in [0.2, 0.25) is 8.32 Å². The van der Waals surface area contributed by atoms with Crippen molar-refractivity contribution in [1.29, 1.82) is 0 Å². The van der Waals surface area contributed by atoms with Crippen LogP contribution in [0.4, 0.5) is 0 Å². The SMILES string of the molecule is CCCCCCCC[Si](OS(=O)(=O)CCC)(C(C)C)C(C)C. The van der Waals surface area contributed by atoms with Crippen molar-refractivity contribution in [3.8, 4) is 0 Å². The Labute approximate surface area is 140 Å². The van der Waals surface area contributed by atoms with Crippen molar-refractivity contribution >= 4 is 18.4 Å². The Morgan fingerprint density at radius 3 is 1.77 bits per heavy atom. The molecule has 0 aliphatic carbocycles. The molecule has 0 aliphatic rings. The quantitative estimate of drug-likeness (QED) is 0.308. The molecule has 134 valence electrons. The number of rotatable bonds is 13. The van der Waals surface area contributed by atoms with Crippen molar-refractivity contribution in [3.63, 3.8) is 0 Å². The van der Waals surface area contributed by atoms with E-state index in [-0.39, 0.29) is 5.75 Å². The molecule has 0 amide bonds. The molecule has 0 N–H and O–H groups in total. The molecular formula is C17H38O3SSi. The summed E-state index contributed by atoms with van der Waals surface area (Å²) in [6.07, 6.45) is 8.05. The predicted molar refractivity (Wildman–Crippen MR) is 99.3 cm³/mol. The monoisotopic (exact) mass is 350 g/mol. The summed E-state index contributed by atoms with van der Waals surface area (Å²) in [5, 5.41) is 0. The highest BCUT2D eigenvalue weighted by atomic mass is 32.2. The Kier molecular flexibility index (Phi) is 10.9. The van der Waals surface area contributed by atoms with Gasteiger partial charge >= 0.3 is 0 Å². The molecule has 3 nitrogen and oxygen atoms in total. The standard InChI is InChI=1S/C17H38O3SSi/c1-7-9-10-11-12-13-15-22(16(3)4,17(5)6)20-21(18,19)14-8-2/h16-17H,7-15H2,1-6H3. The average Bonchev–Trinajstić information content (AvgIpc) is 2.40. The lowest BCUT2D eigenvalue weighted by atomic mass is 10.1.